The lowest BCUT2D eigenvalue weighted by molar-refractivity contribution is -0.147. The third kappa shape index (κ3) is 3.95. The summed E-state index contributed by atoms with van der Waals surface area (Å²) < 4.78 is 1.86. The highest BCUT2D eigenvalue weighted by molar-refractivity contribution is 7.99. The number of thioether (sulfide) groups is 1. The third-order valence-corrected chi connectivity index (χ3v) is 3.69. The van der Waals surface area contributed by atoms with Crippen molar-refractivity contribution in [3.63, 3.8) is 0 Å². The average molecular weight is 286 g/mol. The molecule has 1 aromatic rings. The van der Waals surface area contributed by atoms with Crippen LogP contribution in [0.4, 0.5) is 0 Å². The summed E-state index contributed by atoms with van der Waals surface area (Å²) in [4.78, 5) is 23.9. The number of aromatic nitrogens is 3. The second kappa shape index (κ2) is 6.55. The molecule has 0 radical (unpaired) electrons. The molecule has 1 aromatic heterocycles. The highest BCUT2D eigenvalue weighted by Gasteiger charge is 2.22. The van der Waals surface area contributed by atoms with E-state index in [4.69, 9.17) is 5.11 Å². The Morgan fingerprint density at radius 1 is 1.47 bits per heavy atom. The molecular formula is C11H18N4O3S. The molecule has 0 saturated carbocycles. The van der Waals surface area contributed by atoms with E-state index >= 15 is 0 Å². The molecule has 106 valence electrons. The van der Waals surface area contributed by atoms with Gasteiger partial charge in [0.05, 0.1) is 5.75 Å². The van der Waals surface area contributed by atoms with Crippen LogP contribution in [0.2, 0.25) is 0 Å². The lowest BCUT2D eigenvalue weighted by Gasteiger charge is -2.21. The summed E-state index contributed by atoms with van der Waals surface area (Å²) in [6.45, 7) is 5.46. The highest BCUT2D eigenvalue weighted by Crippen LogP contribution is 2.19. The summed E-state index contributed by atoms with van der Waals surface area (Å²) in [6.07, 6.45) is 1.61. The molecule has 1 amide bonds. The Labute approximate surface area is 116 Å². The molecule has 1 unspecified atom stereocenters. The number of hydrogen-bond acceptors (Lipinski definition) is 5. The topological polar surface area (TPSA) is 88.3 Å². The van der Waals surface area contributed by atoms with Crippen molar-refractivity contribution in [3.8, 4) is 0 Å². The van der Waals surface area contributed by atoms with Crippen molar-refractivity contribution in [3.05, 3.63) is 6.33 Å². The van der Waals surface area contributed by atoms with Crippen LogP contribution in [-0.4, -0.2) is 55.5 Å². The number of carbonyl (C=O) groups excluding carboxylic acids is 1. The zero-order valence-electron chi connectivity index (χ0n) is 11.4. The Bertz CT molecular complexity index is 461. The molecular weight excluding hydrogens is 268 g/mol. The summed E-state index contributed by atoms with van der Waals surface area (Å²) in [5.41, 5.74) is 0. The molecule has 0 aliphatic carbocycles. The van der Waals surface area contributed by atoms with E-state index in [1.807, 2.05) is 18.4 Å². The molecule has 0 bridgehead atoms. The normalized spacial score (nSPS) is 12.5. The van der Waals surface area contributed by atoms with E-state index in [9.17, 15) is 9.59 Å². The lowest BCUT2D eigenvalue weighted by atomic mass is 10.3. The van der Waals surface area contributed by atoms with Gasteiger partial charge >= 0.3 is 5.97 Å². The van der Waals surface area contributed by atoms with Gasteiger partial charge in [0.25, 0.3) is 0 Å². The van der Waals surface area contributed by atoms with Gasteiger partial charge in [0.15, 0.2) is 5.16 Å². The first-order valence-electron chi connectivity index (χ1n) is 5.85. The van der Waals surface area contributed by atoms with Gasteiger partial charge in [0.2, 0.25) is 5.91 Å². The Kier molecular flexibility index (Phi) is 5.34. The van der Waals surface area contributed by atoms with Crippen LogP contribution in [-0.2, 0) is 9.59 Å². The molecule has 1 rings (SSSR count). The zero-order chi connectivity index (χ0) is 14.6. The standard InChI is InChI=1S/C11H18N4O3S/c1-7(2)15-6-12-13-11(15)19-5-9(16)14(4)8(3)10(17)18/h6-8H,5H2,1-4H3,(H,17,18). The van der Waals surface area contributed by atoms with Crippen LogP contribution < -0.4 is 0 Å². The number of likely N-dealkylation sites (N-methyl/N-ethyl adjacent to an activating group) is 1. The minimum Gasteiger partial charge on any atom is -0.480 e. The third-order valence-electron chi connectivity index (χ3n) is 2.75. The van der Waals surface area contributed by atoms with E-state index in [0.29, 0.717) is 5.16 Å². The van der Waals surface area contributed by atoms with Gasteiger partial charge in [-0.15, -0.1) is 10.2 Å². The minimum atomic E-state index is -1.02. The van der Waals surface area contributed by atoms with E-state index < -0.39 is 12.0 Å². The maximum Gasteiger partial charge on any atom is 0.326 e. The number of amides is 1. The Hall–Kier alpha value is -1.57. The van der Waals surface area contributed by atoms with Gasteiger partial charge in [-0.05, 0) is 20.8 Å². The van der Waals surface area contributed by atoms with E-state index in [2.05, 4.69) is 10.2 Å². The van der Waals surface area contributed by atoms with E-state index in [-0.39, 0.29) is 17.7 Å². The molecule has 0 fully saturated rings. The first kappa shape index (κ1) is 15.5. The molecule has 0 saturated heterocycles. The molecule has 1 N–H and O–H groups in total. The van der Waals surface area contributed by atoms with Crippen molar-refractivity contribution in [2.24, 2.45) is 0 Å². The summed E-state index contributed by atoms with van der Waals surface area (Å²) in [5, 5.41) is 17.2. The van der Waals surface area contributed by atoms with Crippen molar-refractivity contribution in [1.82, 2.24) is 19.7 Å². The summed E-state index contributed by atoms with van der Waals surface area (Å²) in [7, 11) is 1.48. The smallest absolute Gasteiger partial charge is 0.326 e. The van der Waals surface area contributed by atoms with Crippen molar-refractivity contribution in [2.45, 2.75) is 38.0 Å². The van der Waals surface area contributed by atoms with Crippen LogP contribution in [0.1, 0.15) is 26.8 Å². The van der Waals surface area contributed by atoms with Crippen LogP contribution in [0.15, 0.2) is 11.5 Å². The molecule has 0 aliphatic heterocycles. The molecule has 0 aromatic carbocycles. The summed E-state index contributed by atoms with van der Waals surface area (Å²) in [5.74, 6) is -1.14. The van der Waals surface area contributed by atoms with Gasteiger partial charge in [0, 0.05) is 13.1 Å². The van der Waals surface area contributed by atoms with Crippen molar-refractivity contribution < 1.29 is 14.7 Å². The van der Waals surface area contributed by atoms with Crippen molar-refractivity contribution >= 4 is 23.6 Å². The Morgan fingerprint density at radius 3 is 2.63 bits per heavy atom. The SMILES string of the molecule is CC(C(=O)O)N(C)C(=O)CSc1nncn1C(C)C. The molecule has 0 spiro atoms. The van der Waals surface area contributed by atoms with Gasteiger partial charge in [-0.3, -0.25) is 4.79 Å². The van der Waals surface area contributed by atoms with Gasteiger partial charge in [0.1, 0.15) is 12.4 Å². The van der Waals surface area contributed by atoms with Crippen LogP contribution in [0.5, 0.6) is 0 Å². The monoisotopic (exact) mass is 286 g/mol. The summed E-state index contributed by atoms with van der Waals surface area (Å²) in [6, 6.07) is -0.626. The fourth-order valence-corrected chi connectivity index (χ4v) is 2.27. The van der Waals surface area contributed by atoms with Gasteiger partial charge < -0.3 is 14.6 Å². The quantitative estimate of drug-likeness (QED) is 0.781. The van der Waals surface area contributed by atoms with Crippen molar-refractivity contribution in [1.29, 1.82) is 0 Å². The number of carboxylic acids is 1. The Balaban J connectivity index is 2.59. The molecule has 1 heterocycles. The Morgan fingerprint density at radius 2 is 2.11 bits per heavy atom. The molecule has 8 heteroatoms. The second-order valence-electron chi connectivity index (χ2n) is 4.42. The number of carbonyl (C=O) groups is 2. The number of carboxylic acid groups (broad SMARTS) is 1. The van der Waals surface area contributed by atoms with Crippen LogP contribution >= 0.6 is 11.8 Å². The van der Waals surface area contributed by atoms with Crippen LogP contribution in [0.25, 0.3) is 0 Å². The maximum absolute atomic E-state index is 11.8. The van der Waals surface area contributed by atoms with Crippen LogP contribution in [0, 0.1) is 0 Å². The average Bonchev–Trinajstić information content (AvgIpc) is 2.82. The fraction of sp³-hybridized carbons (Fsp3) is 0.636. The molecule has 1 atom stereocenters. The highest BCUT2D eigenvalue weighted by atomic mass is 32.2. The second-order valence-corrected chi connectivity index (χ2v) is 5.36. The summed E-state index contributed by atoms with van der Waals surface area (Å²) >= 11 is 1.25. The largest absolute Gasteiger partial charge is 0.480 e. The number of rotatable bonds is 6. The van der Waals surface area contributed by atoms with Gasteiger partial charge in [-0.1, -0.05) is 11.8 Å². The predicted molar refractivity (Wildman–Crippen MR) is 71.0 cm³/mol. The van der Waals surface area contributed by atoms with E-state index in [1.165, 1.54) is 30.6 Å². The fourth-order valence-electron chi connectivity index (χ4n) is 1.30. The first-order valence-corrected chi connectivity index (χ1v) is 6.84. The molecule has 0 aliphatic rings. The minimum absolute atomic E-state index is 0.138. The maximum atomic E-state index is 11.8. The first-order chi connectivity index (χ1) is 8.84. The van der Waals surface area contributed by atoms with Gasteiger partial charge in [-0.2, -0.15) is 0 Å². The van der Waals surface area contributed by atoms with E-state index in [0.717, 1.165) is 0 Å². The number of hydrogen-bond donors (Lipinski definition) is 1. The van der Waals surface area contributed by atoms with Crippen molar-refractivity contribution in [2.75, 3.05) is 12.8 Å². The van der Waals surface area contributed by atoms with E-state index in [1.54, 1.807) is 6.33 Å². The van der Waals surface area contributed by atoms with Crippen LogP contribution in [0.3, 0.4) is 0 Å². The molecule has 7 nitrogen and oxygen atoms in total. The zero-order valence-corrected chi connectivity index (χ0v) is 12.2. The predicted octanol–water partition coefficient (Wildman–Crippen LogP) is 0.883. The molecule has 19 heavy (non-hydrogen) atoms. The number of aliphatic carboxylic acids is 1. The van der Waals surface area contributed by atoms with Gasteiger partial charge in [-0.25, -0.2) is 4.79 Å². The number of nitrogens with zero attached hydrogens (tertiary/aromatic N) is 4. The lowest BCUT2D eigenvalue weighted by Crippen LogP contribution is -2.41.